The van der Waals surface area contributed by atoms with Gasteiger partial charge in [0.2, 0.25) is 0 Å². The SMILES string of the molecule is COc1ccccc1[C@@H]1CN(C(=O)c2cnc(C)cn2)CCN1C. The first-order chi connectivity index (χ1) is 11.6. The smallest absolute Gasteiger partial charge is 0.274 e. The van der Waals surface area contributed by atoms with Gasteiger partial charge >= 0.3 is 0 Å². The Balaban J connectivity index is 1.83. The van der Waals surface area contributed by atoms with Gasteiger partial charge in [-0.3, -0.25) is 14.7 Å². The molecule has 0 bridgehead atoms. The number of hydrogen-bond donors (Lipinski definition) is 0. The minimum absolute atomic E-state index is 0.0736. The van der Waals surface area contributed by atoms with Crippen molar-refractivity contribution in [2.24, 2.45) is 0 Å². The van der Waals surface area contributed by atoms with E-state index in [1.807, 2.05) is 30.0 Å². The normalized spacial score (nSPS) is 18.5. The third-order valence-electron chi connectivity index (χ3n) is 4.43. The van der Waals surface area contributed by atoms with Crippen LogP contribution in [0.2, 0.25) is 0 Å². The molecule has 3 rings (SSSR count). The number of ether oxygens (including phenoxy) is 1. The fourth-order valence-electron chi connectivity index (χ4n) is 3.00. The van der Waals surface area contributed by atoms with E-state index in [1.165, 1.54) is 0 Å². The lowest BCUT2D eigenvalue weighted by atomic mass is 10.0. The van der Waals surface area contributed by atoms with Crippen LogP contribution in [-0.4, -0.2) is 59.5 Å². The summed E-state index contributed by atoms with van der Waals surface area (Å²) in [7, 11) is 3.75. The van der Waals surface area contributed by atoms with Gasteiger partial charge in [-0.2, -0.15) is 0 Å². The van der Waals surface area contributed by atoms with Crippen molar-refractivity contribution in [3.63, 3.8) is 0 Å². The third kappa shape index (κ3) is 3.23. The number of carbonyl (C=O) groups is 1. The molecule has 1 fully saturated rings. The number of para-hydroxylation sites is 1. The molecule has 6 nitrogen and oxygen atoms in total. The van der Waals surface area contributed by atoms with Gasteiger partial charge in [-0.05, 0) is 20.0 Å². The van der Waals surface area contributed by atoms with E-state index in [1.54, 1.807) is 19.5 Å². The fourth-order valence-corrected chi connectivity index (χ4v) is 3.00. The zero-order valence-electron chi connectivity index (χ0n) is 14.3. The predicted molar refractivity (Wildman–Crippen MR) is 91.0 cm³/mol. The summed E-state index contributed by atoms with van der Waals surface area (Å²) in [5.41, 5.74) is 2.29. The summed E-state index contributed by atoms with van der Waals surface area (Å²) >= 11 is 0. The largest absolute Gasteiger partial charge is 0.496 e. The van der Waals surface area contributed by atoms with E-state index < -0.39 is 0 Å². The predicted octanol–water partition coefficient (Wildman–Crippen LogP) is 1.92. The summed E-state index contributed by atoms with van der Waals surface area (Å²) in [4.78, 5) is 25.2. The number of likely N-dealkylation sites (N-methyl/N-ethyl adjacent to an activating group) is 1. The number of rotatable bonds is 3. The van der Waals surface area contributed by atoms with Gasteiger partial charge in [0.15, 0.2) is 0 Å². The van der Waals surface area contributed by atoms with Gasteiger partial charge in [0.25, 0.3) is 5.91 Å². The van der Waals surface area contributed by atoms with Crippen molar-refractivity contribution in [1.82, 2.24) is 19.8 Å². The van der Waals surface area contributed by atoms with Gasteiger partial charge in [-0.15, -0.1) is 0 Å². The maximum absolute atomic E-state index is 12.7. The van der Waals surface area contributed by atoms with Crippen LogP contribution in [0, 0.1) is 6.92 Å². The number of aromatic nitrogens is 2. The highest BCUT2D eigenvalue weighted by molar-refractivity contribution is 5.92. The number of benzene rings is 1. The zero-order chi connectivity index (χ0) is 17.1. The molecule has 1 amide bonds. The average molecular weight is 326 g/mol. The summed E-state index contributed by atoms with van der Waals surface area (Å²) in [6, 6.07) is 8.06. The number of hydrogen-bond acceptors (Lipinski definition) is 5. The van der Waals surface area contributed by atoms with E-state index in [2.05, 4.69) is 28.0 Å². The second kappa shape index (κ2) is 6.97. The molecular formula is C18H22N4O2. The number of piperazine rings is 1. The van der Waals surface area contributed by atoms with E-state index in [0.29, 0.717) is 18.8 Å². The zero-order valence-corrected chi connectivity index (χ0v) is 14.3. The van der Waals surface area contributed by atoms with Crippen molar-refractivity contribution in [3.05, 3.63) is 53.6 Å². The first kappa shape index (κ1) is 16.4. The maximum Gasteiger partial charge on any atom is 0.274 e. The first-order valence-electron chi connectivity index (χ1n) is 8.01. The average Bonchev–Trinajstić information content (AvgIpc) is 2.62. The molecule has 0 unspecified atom stereocenters. The number of nitrogens with zero attached hydrogens (tertiary/aromatic N) is 4. The summed E-state index contributed by atoms with van der Waals surface area (Å²) < 4.78 is 5.49. The number of methoxy groups -OCH3 is 1. The Labute approximate surface area is 142 Å². The quantitative estimate of drug-likeness (QED) is 0.862. The Bertz CT molecular complexity index is 717. The highest BCUT2D eigenvalue weighted by Gasteiger charge is 2.31. The molecule has 0 N–H and O–H groups in total. The summed E-state index contributed by atoms with van der Waals surface area (Å²) in [6.07, 6.45) is 3.18. The van der Waals surface area contributed by atoms with Gasteiger partial charge in [0.1, 0.15) is 11.4 Å². The van der Waals surface area contributed by atoms with Gasteiger partial charge in [0.05, 0.1) is 25.0 Å². The summed E-state index contributed by atoms with van der Waals surface area (Å²) in [5, 5.41) is 0. The van der Waals surface area contributed by atoms with Crippen molar-refractivity contribution >= 4 is 5.91 Å². The van der Waals surface area contributed by atoms with Crippen LogP contribution in [0.5, 0.6) is 5.75 Å². The van der Waals surface area contributed by atoms with E-state index in [0.717, 1.165) is 23.6 Å². The molecule has 1 aliphatic rings. The lowest BCUT2D eigenvalue weighted by Crippen LogP contribution is -2.49. The van der Waals surface area contributed by atoms with Crippen molar-refractivity contribution in [2.45, 2.75) is 13.0 Å². The van der Waals surface area contributed by atoms with Gasteiger partial charge in [0, 0.05) is 31.4 Å². The maximum atomic E-state index is 12.7. The number of carbonyl (C=O) groups excluding carboxylic acids is 1. The Hall–Kier alpha value is -2.47. The third-order valence-corrected chi connectivity index (χ3v) is 4.43. The van der Waals surface area contributed by atoms with E-state index >= 15 is 0 Å². The number of aryl methyl sites for hydroxylation is 1. The van der Waals surface area contributed by atoms with Crippen LogP contribution in [0.25, 0.3) is 0 Å². The fraction of sp³-hybridized carbons (Fsp3) is 0.389. The minimum Gasteiger partial charge on any atom is -0.496 e. The Morgan fingerprint density at radius 2 is 2.00 bits per heavy atom. The molecule has 24 heavy (non-hydrogen) atoms. The minimum atomic E-state index is -0.0736. The highest BCUT2D eigenvalue weighted by Crippen LogP contribution is 2.31. The van der Waals surface area contributed by atoms with Crippen molar-refractivity contribution < 1.29 is 9.53 Å². The molecule has 1 atom stereocenters. The molecule has 0 aliphatic carbocycles. The van der Waals surface area contributed by atoms with Crippen molar-refractivity contribution in [1.29, 1.82) is 0 Å². The first-order valence-corrected chi connectivity index (χ1v) is 8.01. The van der Waals surface area contributed by atoms with Gasteiger partial charge in [-0.1, -0.05) is 18.2 Å². The molecule has 6 heteroatoms. The molecule has 0 spiro atoms. The van der Waals surface area contributed by atoms with Crippen LogP contribution in [0.4, 0.5) is 0 Å². The Morgan fingerprint density at radius 1 is 1.21 bits per heavy atom. The van der Waals surface area contributed by atoms with E-state index in [4.69, 9.17) is 4.74 Å². The molecule has 2 heterocycles. The van der Waals surface area contributed by atoms with Gasteiger partial charge < -0.3 is 9.64 Å². The summed E-state index contributed by atoms with van der Waals surface area (Å²) in [5.74, 6) is 0.772. The van der Waals surface area contributed by atoms with Crippen LogP contribution in [0.1, 0.15) is 27.8 Å². The molecule has 126 valence electrons. The van der Waals surface area contributed by atoms with Crippen LogP contribution < -0.4 is 4.74 Å². The van der Waals surface area contributed by atoms with E-state index in [-0.39, 0.29) is 11.9 Å². The lowest BCUT2D eigenvalue weighted by Gasteiger charge is -2.39. The topological polar surface area (TPSA) is 58.6 Å². The van der Waals surface area contributed by atoms with Crippen LogP contribution in [0.3, 0.4) is 0 Å². The van der Waals surface area contributed by atoms with Gasteiger partial charge in [-0.25, -0.2) is 4.98 Å². The van der Waals surface area contributed by atoms with E-state index in [9.17, 15) is 4.79 Å². The molecular weight excluding hydrogens is 304 g/mol. The van der Waals surface area contributed by atoms with Crippen LogP contribution >= 0.6 is 0 Å². The second-order valence-electron chi connectivity index (χ2n) is 6.03. The summed E-state index contributed by atoms with van der Waals surface area (Å²) in [6.45, 7) is 3.93. The molecule has 1 aromatic carbocycles. The standard InChI is InChI=1S/C18H22N4O2/c1-13-10-20-15(11-19-13)18(23)22-9-8-21(2)16(12-22)14-6-4-5-7-17(14)24-3/h4-7,10-11,16H,8-9,12H2,1-3H3/t16-/m0/s1. The Kier molecular flexibility index (Phi) is 4.76. The molecule has 0 saturated carbocycles. The highest BCUT2D eigenvalue weighted by atomic mass is 16.5. The molecule has 1 aromatic heterocycles. The molecule has 1 saturated heterocycles. The molecule has 2 aromatic rings. The molecule has 0 radical (unpaired) electrons. The lowest BCUT2D eigenvalue weighted by molar-refractivity contribution is 0.0536. The van der Waals surface area contributed by atoms with Crippen LogP contribution in [-0.2, 0) is 0 Å². The Morgan fingerprint density at radius 3 is 2.71 bits per heavy atom. The van der Waals surface area contributed by atoms with Crippen molar-refractivity contribution in [2.75, 3.05) is 33.8 Å². The monoisotopic (exact) mass is 326 g/mol. The molecule has 1 aliphatic heterocycles. The van der Waals surface area contributed by atoms with Crippen molar-refractivity contribution in [3.8, 4) is 5.75 Å². The van der Waals surface area contributed by atoms with Crippen LogP contribution in [0.15, 0.2) is 36.7 Å². The second-order valence-corrected chi connectivity index (χ2v) is 6.03. The number of amides is 1.